The van der Waals surface area contributed by atoms with Crippen LogP contribution in [0.1, 0.15) is 33.4 Å². The van der Waals surface area contributed by atoms with E-state index in [1.54, 1.807) is 6.26 Å². The van der Waals surface area contributed by atoms with Crippen molar-refractivity contribution in [3.8, 4) is 0 Å². The van der Waals surface area contributed by atoms with E-state index in [2.05, 4.69) is 48.1 Å². The molecule has 2 heterocycles. The van der Waals surface area contributed by atoms with Crippen LogP contribution in [0.4, 0.5) is 0 Å². The number of nitrogens with one attached hydrogen (secondary N) is 1. The Hall–Kier alpha value is -1.52. The molecule has 1 aromatic heterocycles. The Labute approximate surface area is 108 Å². The highest BCUT2D eigenvalue weighted by Gasteiger charge is 2.53. The van der Waals surface area contributed by atoms with Gasteiger partial charge in [-0.2, -0.15) is 0 Å². The van der Waals surface area contributed by atoms with E-state index in [4.69, 9.17) is 4.52 Å². The molecule has 5 nitrogen and oxygen atoms in total. The Morgan fingerprint density at radius 2 is 2.22 bits per heavy atom. The number of hydrogen-bond donors (Lipinski definition) is 1. The molecule has 1 aliphatic heterocycles. The molecular weight excluding hydrogens is 228 g/mol. The lowest BCUT2D eigenvalue weighted by Gasteiger charge is -2.62. The predicted molar refractivity (Wildman–Crippen MR) is 71.3 cm³/mol. The van der Waals surface area contributed by atoms with Crippen LogP contribution in [0.25, 0.3) is 0 Å². The number of hydrogen-bond acceptors (Lipinski definition) is 3. The van der Waals surface area contributed by atoms with E-state index in [-0.39, 0.29) is 5.54 Å². The van der Waals surface area contributed by atoms with E-state index in [9.17, 15) is 0 Å². The number of nitrogens with zero attached hydrogens (tertiary/aromatic N) is 3. The van der Waals surface area contributed by atoms with Gasteiger partial charge >= 0.3 is 0 Å². The van der Waals surface area contributed by atoms with Crippen molar-refractivity contribution < 1.29 is 4.52 Å². The zero-order valence-electron chi connectivity index (χ0n) is 11.8. The fourth-order valence-corrected chi connectivity index (χ4v) is 2.19. The van der Waals surface area contributed by atoms with Crippen molar-refractivity contribution in [2.45, 2.75) is 39.8 Å². The van der Waals surface area contributed by atoms with Gasteiger partial charge < -0.3 is 14.7 Å². The minimum atomic E-state index is 0.110. The van der Waals surface area contributed by atoms with Gasteiger partial charge in [0.1, 0.15) is 12.0 Å². The van der Waals surface area contributed by atoms with Crippen LogP contribution in [-0.4, -0.2) is 35.1 Å². The topological polar surface area (TPSA) is 53.7 Å². The molecule has 5 heteroatoms. The highest BCUT2D eigenvalue weighted by atomic mass is 16.5. The van der Waals surface area contributed by atoms with Crippen LogP contribution in [0.3, 0.4) is 0 Å². The molecule has 0 spiro atoms. The normalized spacial score (nSPS) is 21.6. The molecular formula is C13H22N4O. The summed E-state index contributed by atoms with van der Waals surface area (Å²) >= 11 is 0. The van der Waals surface area contributed by atoms with Gasteiger partial charge in [0.25, 0.3) is 0 Å². The molecule has 1 saturated heterocycles. The Bertz CT molecular complexity index is 434. The SMILES string of the molecule is CN=C(NCc1ccon1)N1CC(C)(C)C1(C)C. The van der Waals surface area contributed by atoms with Crippen LogP contribution in [0.15, 0.2) is 21.8 Å². The smallest absolute Gasteiger partial charge is 0.194 e. The Balaban J connectivity index is 1.99. The van der Waals surface area contributed by atoms with Gasteiger partial charge in [0.2, 0.25) is 0 Å². The predicted octanol–water partition coefficient (Wildman–Crippen LogP) is 1.87. The van der Waals surface area contributed by atoms with E-state index in [1.165, 1.54) is 0 Å². The van der Waals surface area contributed by atoms with Gasteiger partial charge in [-0.05, 0) is 13.8 Å². The number of rotatable bonds is 2. The lowest BCUT2D eigenvalue weighted by molar-refractivity contribution is -0.0668. The average molecular weight is 250 g/mol. The molecule has 2 rings (SSSR count). The molecule has 0 radical (unpaired) electrons. The first-order valence-electron chi connectivity index (χ1n) is 6.26. The zero-order chi connectivity index (χ0) is 13.4. The summed E-state index contributed by atoms with van der Waals surface area (Å²) in [4.78, 5) is 6.64. The summed E-state index contributed by atoms with van der Waals surface area (Å²) in [6.45, 7) is 10.7. The van der Waals surface area contributed by atoms with E-state index < -0.39 is 0 Å². The van der Waals surface area contributed by atoms with Gasteiger partial charge in [0, 0.05) is 30.6 Å². The maximum atomic E-state index is 4.81. The van der Waals surface area contributed by atoms with E-state index in [0.717, 1.165) is 18.2 Å². The molecule has 0 atom stereocenters. The van der Waals surface area contributed by atoms with Crippen molar-refractivity contribution in [2.75, 3.05) is 13.6 Å². The van der Waals surface area contributed by atoms with Crippen LogP contribution in [0, 0.1) is 5.41 Å². The molecule has 0 aromatic carbocycles. The lowest BCUT2D eigenvalue weighted by atomic mass is 9.65. The van der Waals surface area contributed by atoms with Gasteiger partial charge in [-0.1, -0.05) is 19.0 Å². The summed E-state index contributed by atoms with van der Waals surface area (Å²) in [5.74, 6) is 0.919. The van der Waals surface area contributed by atoms with Gasteiger partial charge in [-0.3, -0.25) is 4.99 Å². The molecule has 0 bridgehead atoms. The summed E-state index contributed by atoms with van der Waals surface area (Å²) in [5, 5.41) is 7.20. The van der Waals surface area contributed by atoms with Crippen LogP contribution < -0.4 is 5.32 Å². The molecule has 18 heavy (non-hydrogen) atoms. The van der Waals surface area contributed by atoms with Gasteiger partial charge in [-0.15, -0.1) is 0 Å². The standard InChI is InChI=1S/C13H22N4O/c1-12(2)9-17(13(12,3)4)11(14-5)15-8-10-6-7-18-16-10/h6-7H,8-9H2,1-5H3,(H,14,15). The van der Waals surface area contributed by atoms with Crippen molar-refractivity contribution in [1.29, 1.82) is 0 Å². The highest BCUT2D eigenvalue weighted by molar-refractivity contribution is 5.81. The molecule has 0 amide bonds. The molecule has 100 valence electrons. The minimum absolute atomic E-state index is 0.110. The van der Waals surface area contributed by atoms with Crippen LogP contribution in [0.5, 0.6) is 0 Å². The number of aliphatic imine (C=N–C) groups is 1. The summed E-state index contributed by atoms with van der Waals surface area (Å²) in [6, 6.07) is 1.85. The van der Waals surface area contributed by atoms with Gasteiger partial charge in [0.05, 0.1) is 6.54 Å². The fraction of sp³-hybridized carbons (Fsp3) is 0.692. The highest BCUT2D eigenvalue weighted by Crippen LogP contribution is 2.46. The van der Waals surface area contributed by atoms with Gasteiger partial charge in [0.15, 0.2) is 5.96 Å². The third kappa shape index (κ3) is 1.98. The first-order chi connectivity index (χ1) is 8.38. The van der Waals surface area contributed by atoms with Crippen molar-refractivity contribution >= 4 is 5.96 Å². The number of aromatic nitrogens is 1. The summed E-state index contributed by atoms with van der Waals surface area (Å²) in [6.07, 6.45) is 1.58. The van der Waals surface area contributed by atoms with Crippen molar-refractivity contribution in [2.24, 2.45) is 10.4 Å². The molecule has 0 saturated carbocycles. The Kier molecular flexibility index (Phi) is 3.09. The summed E-state index contributed by atoms with van der Waals surface area (Å²) in [5.41, 5.74) is 1.30. The quantitative estimate of drug-likeness (QED) is 0.643. The molecule has 1 aliphatic rings. The Morgan fingerprint density at radius 3 is 2.67 bits per heavy atom. The zero-order valence-corrected chi connectivity index (χ0v) is 11.8. The first kappa shape index (κ1) is 12.9. The molecule has 1 aromatic rings. The molecule has 1 fully saturated rings. The number of guanidine groups is 1. The van der Waals surface area contributed by atoms with Crippen molar-refractivity contribution in [1.82, 2.24) is 15.4 Å². The number of likely N-dealkylation sites (tertiary alicyclic amines) is 1. The first-order valence-corrected chi connectivity index (χ1v) is 6.26. The molecule has 1 N–H and O–H groups in total. The Morgan fingerprint density at radius 1 is 1.50 bits per heavy atom. The molecule has 0 unspecified atom stereocenters. The third-order valence-electron chi connectivity index (χ3n) is 4.27. The minimum Gasteiger partial charge on any atom is -0.364 e. The summed E-state index contributed by atoms with van der Waals surface area (Å²) in [7, 11) is 1.81. The van der Waals surface area contributed by atoms with Crippen LogP contribution in [0.2, 0.25) is 0 Å². The second kappa shape index (κ2) is 4.30. The second-order valence-corrected chi connectivity index (χ2v) is 5.92. The van der Waals surface area contributed by atoms with Crippen molar-refractivity contribution in [3.05, 3.63) is 18.0 Å². The third-order valence-corrected chi connectivity index (χ3v) is 4.27. The average Bonchev–Trinajstić information content (AvgIpc) is 2.81. The van der Waals surface area contributed by atoms with Crippen molar-refractivity contribution in [3.63, 3.8) is 0 Å². The van der Waals surface area contributed by atoms with Gasteiger partial charge in [-0.25, -0.2) is 0 Å². The monoisotopic (exact) mass is 250 g/mol. The largest absolute Gasteiger partial charge is 0.364 e. The second-order valence-electron chi connectivity index (χ2n) is 5.92. The maximum Gasteiger partial charge on any atom is 0.194 e. The lowest BCUT2D eigenvalue weighted by Crippen LogP contribution is -2.72. The maximum absolute atomic E-state index is 4.81. The summed E-state index contributed by atoms with van der Waals surface area (Å²) < 4.78 is 4.81. The van der Waals surface area contributed by atoms with Crippen LogP contribution >= 0.6 is 0 Å². The molecule has 0 aliphatic carbocycles. The van der Waals surface area contributed by atoms with E-state index >= 15 is 0 Å². The fourth-order valence-electron chi connectivity index (χ4n) is 2.19. The van der Waals surface area contributed by atoms with Crippen LogP contribution in [-0.2, 0) is 6.54 Å². The van der Waals surface area contributed by atoms with E-state index in [1.807, 2.05) is 13.1 Å². The van der Waals surface area contributed by atoms with E-state index in [0.29, 0.717) is 12.0 Å².